The largest absolute Gasteiger partial charge is 0.497 e. The van der Waals surface area contributed by atoms with E-state index in [2.05, 4.69) is 10.2 Å². The van der Waals surface area contributed by atoms with Gasteiger partial charge in [-0.05, 0) is 12.1 Å². The zero-order valence-electron chi connectivity index (χ0n) is 8.01. The fraction of sp³-hybridized carbons (Fsp3) is 0.111. The standard InChI is InChI=1S/C9H9N3OS2/c1-13-6-2-3-8(7(10)4-6)15-9-12-11-5-14-9/h2-5H,10H2,1H3. The molecule has 0 aliphatic rings. The van der Waals surface area contributed by atoms with Crippen LogP contribution in [0.3, 0.4) is 0 Å². The molecular weight excluding hydrogens is 230 g/mol. The zero-order valence-corrected chi connectivity index (χ0v) is 9.64. The average molecular weight is 239 g/mol. The summed E-state index contributed by atoms with van der Waals surface area (Å²) in [6.07, 6.45) is 0. The Kier molecular flexibility index (Phi) is 3.08. The molecule has 0 atom stereocenters. The van der Waals surface area contributed by atoms with Crippen LogP contribution in [0, 0.1) is 0 Å². The Morgan fingerprint density at radius 3 is 2.93 bits per heavy atom. The molecule has 2 N–H and O–H groups in total. The van der Waals surface area contributed by atoms with Gasteiger partial charge in [-0.2, -0.15) is 0 Å². The molecule has 0 unspecified atom stereocenters. The Labute approximate surface area is 95.5 Å². The lowest BCUT2D eigenvalue weighted by molar-refractivity contribution is 0.415. The maximum Gasteiger partial charge on any atom is 0.178 e. The van der Waals surface area contributed by atoms with E-state index in [4.69, 9.17) is 10.5 Å². The molecule has 6 heteroatoms. The van der Waals surface area contributed by atoms with E-state index >= 15 is 0 Å². The second kappa shape index (κ2) is 4.50. The van der Waals surface area contributed by atoms with E-state index in [9.17, 15) is 0 Å². The molecule has 4 nitrogen and oxygen atoms in total. The summed E-state index contributed by atoms with van der Waals surface area (Å²) in [6.45, 7) is 0. The van der Waals surface area contributed by atoms with Crippen molar-refractivity contribution in [3.8, 4) is 5.75 Å². The van der Waals surface area contributed by atoms with Crippen LogP contribution in [0.2, 0.25) is 0 Å². The maximum absolute atomic E-state index is 5.87. The van der Waals surface area contributed by atoms with Gasteiger partial charge in [-0.1, -0.05) is 23.1 Å². The monoisotopic (exact) mass is 239 g/mol. The zero-order chi connectivity index (χ0) is 10.7. The SMILES string of the molecule is COc1ccc(Sc2nncs2)c(N)c1. The van der Waals surface area contributed by atoms with Gasteiger partial charge in [0.2, 0.25) is 0 Å². The van der Waals surface area contributed by atoms with Crippen molar-refractivity contribution in [1.29, 1.82) is 0 Å². The van der Waals surface area contributed by atoms with Gasteiger partial charge in [-0.25, -0.2) is 0 Å². The fourth-order valence-electron chi connectivity index (χ4n) is 1.05. The molecule has 0 spiro atoms. The Bertz CT molecular complexity index is 445. The highest BCUT2D eigenvalue weighted by Crippen LogP contribution is 2.34. The smallest absolute Gasteiger partial charge is 0.178 e. The van der Waals surface area contributed by atoms with E-state index < -0.39 is 0 Å². The van der Waals surface area contributed by atoms with Gasteiger partial charge in [0.1, 0.15) is 11.3 Å². The highest BCUT2D eigenvalue weighted by molar-refractivity contribution is 8.01. The maximum atomic E-state index is 5.87. The number of nitrogen functional groups attached to an aromatic ring is 1. The van der Waals surface area contributed by atoms with Crippen LogP contribution < -0.4 is 10.5 Å². The van der Waals surface area contributed by atoms with Crippen LogP contribution in [-0.2, 0) is 0 Å². The predicted octanol–water partition coefficient (Wildman–Crippen LogP) is 2.28. The summed E-state index contributed by atoms with van der Waals surface area (Å²) >= 11 is 2.99. The van der Waals surface area contributed by atoms with Gasteiger partial charge in [0.25, 0.3) is 0 Å². The minimum absolute atomic E-state index is 0.689. The van der Waals surface area contributed by atoms with Crippen molar-refractivity contribution in [2.24, 2.45) is 0 Å². The number of hydrogen-bond donors (Lipinski definition) is 1. The molecule has 0 bridgehead atoms. The van der Waals surface area contributed by atoms with Crippen LogP contribution in [0.5, 0.6) is 5.75 Å². The van der Waals surface area contributed by atoms with Crippen molar-refractivity contribution in [3.05, 3.63) is 23.7 Å². The third-order valence-corrected chi connectivity index (χ3v) is 3.62. The molecule has 0 saturated carbocycles. The topological polar surface area (TPSA) is 61.0 Å². The van der Waals surface area contributed by atoms with Crippen molar-refractivity contribution < 1.29 is 4.74 Å². The second-order valence-corrected chi connectivity index (χ2v) is 4.83. The fourth-order valence-corrected chi connectivity index (χ4v) is 2.51. The summed E-state index contributed by atoms with van der Waals surface area (Å²) in [4.78, 5) is 0.965. The molecule has 2 rings (SSSR count). The van der Waals surface area contributed by atoms with Gasteiger partial charge in [0, 0.05) is 16.6 Å². The Morgan fingerprint density at radius 2 is 2.33 bits per heavy atom. The summed E-state index contributed by atoms with van der Waals surface area (Å²) in [6, 6.07) is 5.59. The molecule has 1 aromatic heterocycles. The van der Waals surface area contributed by atoms with Crippen LogP contribution >= 0.6 is 23.1 Å². The number of ether oxygens (including phenoxy) is 1. The first-order valence-corrected chi connectivity index (χ1v) is 5.87. The number of aromatic nitrogens is 2. The molecule has 2 aromatic rings. The van der Waals surface area contributed by atoms with E-state index in [1.807, 2.05) is 12.1 Å². The molecule has 1 heterocycles. The quantitative estimate of drug-likeness (QED) is 0.833. The highest BCUT2D eigenvalue weighted by atomic mass is 32.2. The van der Waals surface area contributed by atoms with Crippen LogP contribution in [-0.4, -0.2) is 17.3 Å². The van der Waals surface area contributed by atoms with Crippen molar-refractivity contribution in [2.45, 2.75) is 9.24 Å². The summed E-state index contributed by atoms with van der Waals surface area (Å²) in [7, 11) is 1.62. The predicted molar refractivity (Wildman–Crippen MR) is 61.4 cm³/mol. The third kappa shape index (κ3) is 2.40. The summed E-state index contributed by atoms with van der Waals surface area (Å²) in [5.74, 6) is 0.758. The van der Waals surface area contributed by atoms with Crippen LogP contribution in [0.15, 0.2) is 32.9 Å². The number of anilines is 1. The first-order valence-electron chi connectivity index (χ1n) is 4.17. The molecule has 0 radical (unpaired) electrons. The average Bonchev–Trinajstić information content (AvgIpc) is 2.74. The lowest BCUT2D eigenvalue weighted by Crippen LogP contribution is -1.90. The molecule has 78 valence electrons. The number of methoxy groups -OCH3 is 1. The molecule has 0 aliphatic carbocycles. The molecule has 1 aromatic carbocycles. The lowest BCUT2D eigenvalue weighted by Gasteiger charge is -2.05. The first kappa shape index (κ1) is 10.3. The number of benzene rings is 1. The van der Waals surface area contributed by atoms with Crippen molar-refractivity contribution >= 4 is 28.8 Å². The summed E-state index contributed by atoms with van der Waals surface area (Å²) in [5, 5.41) is 7.70. The third-order valence-electron chi connectivity index (χ3n) is 1.75. The Morgan fingerprint density at radius 1 is 1.47 bits per heavy atom. The van der Waals surface area contributed by atoms with Gasteiger partial charge in [-0.3, -0.25) is 0 Å². The first-order chi connectivity index (χ1) is 7.29. The van der Waals surface area contributed by atoms with Crippen LogP contribution in [0.1, 0.15) is 0 Å². The second-order valence-electron chi connectivity index (χ2n) is 2.71. The molecule has 0 amide bonds. The van der Waals surface area contributed by atoms with Gasteiger partial charge < -0.3 is 10.5 Å². The van der Waals surface area contributed by atoms with Crippen molar-refractivity contribution in [2.75, 3.05) is 12.8 Å². The van der Waals surface area contributed by atoms with E-state index in [1.54, 1.807) is 18.7 Å². The van der Waals surface area contributed by atoms with Gasteiger partial charge >= 0.3 is 0 Å². The Hall–Kier alpha value is -1.27. The molecular formula is C9H9N3OS2. The summed E-state index contributed by atoms with van der Waals surface area (Å²) < 4.78 is 5.95. The lowest BCUT2D eigenvalue weighted by atomic mass is 10.3. The van der Waals surface area contributed by atoms with Crippen LogP contribution in [0.4, 0.5) is 5.69 Å². The minimum Gasteiger partial charge on any atom is -0.497 e. The minimum atomic E-state index is 0.689. The van der Waals surface area contributed by atoms with Gasteiger partial charge in [-0.15, -0.1) is 10.2 Å². The number of nitrogens with zero attached hydrogens (tertiary/aromatic N) is 2. The molecule has 15 heavy (non-hydrogen) atoms. The number of rotatable bonds is 3. The van der Waals surface area contributed by atoms with E-state index in [-0.39, 0.29) is 0 Å². The normalized spacial score (nSPS) is 10.2. The number of nitrogens with two attached hydrogens (primary N) is 1. The highest BCUT2D eigenvalue weighted by Gasteiger charge is 2.05. The van der Waals surface area contributed by atoms with Gasteiger partial charge in [0.05, 0.1) is 7.11 Å². The van der Waals surface area contributed by atoms with Crippen molar-refractivity contribution in [1.82, 2.24) is 10.2 Å². The molecule has 0 aliphatic heterocycles. The van der Waals surface area contributed by atoms with Gasteiger partial charge in [0.15, 0.2) is 4.34 Å². The van der Waals surface area contributed by atoms with E-state index in [1.165, 1.54) is 23.1 Å². The van der Waals surface area contributed by atoms with Crippen molar-refractivity contribution in [3.63, 3.8) is 0 Å². The molecule has 0 fully saturated rings. The Balaban J connectivity index is 2.22. The van der Waals surface area contributed by atoms with E-state index in [0.717, 1.165) is 15.0 Å². The summed E-state index contributed by atoms with van der Waals surface area (Å²) in [5.41, 5.74) is 8.26. The number of hydrogen-bond acceptors (Lipinski definition) is 6. The molecule has 0 saturated heterocycles. The van der Waals surface area contributed by atoms with Crippen LogP contribution in [0.25, 0.3) is 0 Å². The van der Waals surface area contributed by atoms with E-state index in [0.29, 0.717) is 5.69 Å².